The summed E-state index contributed by atoms with van der Waals surface area (Å²) in [5, 5.41) is 0. The molecular weight excluding hydrogens is 250 g/mol. The fourth-order valence-corrected chi connectivity index (χ4v) is 1.81. The molecule has 0 aliphatic carbocycles. The van der Waals surface area contributed by atoms with Gasteiger partial charge in [0.05, 0.1) is 5.69 Å². The summed E-state index contributed by atoms with van der Waals surface area (Å²) in [6, 6.07) is 5.68. The van der Waals surface area contributed by atoms with Crippen LogP contribution in [0.2, 0.25) is 0 Å². The van der Waals surface area contributed by atoms with Gasteiger partial charge < -0.3 is 0 Å². The number of aryl methyl sites for hydroxylation is 1. The van der Waals surface area contributed by atoms with Crippen LogP contribution in [0.1, 0.15) is 5.56 Å². The minimum atomic E-state index is -2.05. The fraction of sp³-hybridized carbons (Fsp3) is 0.333. The van der Waals surface area contributed by atoms with E-state index in [1.807, 2.05) is 25.1 Å². The Balaban J connectivity index is 3.21. The van der Waals surface area contributed by atoms with Gasteiger partial charge in [-0.3, -0.25) is 0 Å². The van der Waals surface area contributed by atoms with E-state index in [4.69, 9.17) is 0 Å². The molecule has 0 aromatic heterocycles. The van der Waals surface area contributed by atoms with Crippen LogP contribution in [0.3, 0.4) is 0 Å². The minimum absolute atomic E-state index is 0.774. The Bertz CT molecular complexity index is 425. The molecule has 0 unspecified atom stereocenters. The van der Waals surface area contributed by atoms with Crippen molar-refractivity contribution in [2.24, 2.45) is 4.36 Å². The molecule has 1 aromatic rings. The third-order valence-corrected chi connectivity index (χ3v) is 3.01. The predicted octanol–water partition coefficient (Wildman–Crippen LogP) is 3.12. The zero-order valence-corrected chi connectivity index (χ0v) is 10.3. The maximum absolute atomic E-state index is 11.4. The quantitative estimate of drug-likeness (QED) is 0.764. The van der Waals surface area contributed by atoms with Gasteiger partial charge in [-0.25, -0.2) is 4.21 Å². The molecule has 0 spiro atoms. The first-order valence-corrected chi connectivity index (χ1v) is 6.94. The molecule has 13 heavy (non-hydrogen) atoms. The third-order valence-electron chi connectivity index (χ3n) is 1.47. The largest absolute Gasteiger partial charge is 0.250 e. The first-order valence-electron chi connectivity index (χ1n) is 3.82. The van der Waals surface area contributed by atoms with E-state index in [0.29, 0.717) is 0 Å². The molecule has 0 amide bonds. The molecule has 0 heterocycles. The lowest BCUT2D eigenvalue weighted by Gasteiger charge is -2.00. The van der Waals surface area contributed by atoms with Crippen molar-refractivity contribution in [1.29, 1.82) is 0 Å². The van der Waals surface area contributed by atoms with Crippen molar-refractivity contribution < 1.29 is 4.21 Å². The molecule has 72 valence electrons. The monoisotopic (exact) mass is 261 g/mol. The zero-order chi connectivity index (χ0) is 10.1. The van der Waals surface area contributed by atoms with Gasteiger partial charge in [0.15, 0.2) is 0 Å². The molecule has 1 aromatic carbocycles. The normalized spacial score (nSPS) is 11.4. The molecule has 0 fully saturated rings. The Morgan fingerprint density at radius 1 is 1.38 bits per heavy atom. The van der Waals surface area contributed by atoms with E-state index >= 15 is 0 Å². The van der Waals surface area contributed by atoms with E-state index in [2.05, 4.69) is 20.3 Å². The van der Waals surface area contributed by atoms with Crippen LogP contribution in [0, 0.1) is 6.92 Å². The fourth-order valence-electron chi connectivity index (χ4n) is 0.940. The first kappa shape index (κ1) is 10.7. The van der Waals surface area contributed by atoms with E-state index in [1.54, 1.807) is 12.5 Å². The number of hydrogen-bond donors (Lipinski definition) is 0. The van der Waals surface area contributed by atoms with Crippen molar-refractivity contribution in [3.63, 3.8) is 0 Å². The van der Waals surface area contributed by atoms with Gasteiger partial charge in [-0.2, -0.15) is 4.36 Å². The average Bonchev–Trinajstić information content (AvgIpc) is 1.94. The standard InChI is InChI=1S/C9H12BrNOS/c1-7-6-8(4-5-9(7)10)11-13(2,3)12/h4-6H,1-3H3. The molecule has 0 atom stereocenters. The Morgan fingerprint density at radius 3 is 2.46 bits per heavy atom. The first-order chi connectivity index (χ1) is 5.88. The molecule has 0 saturated heterocycles. The second-order valence-corrected chi connectivity index (χ2v) is 6.61. The summed E-state index contributed by atoms with van der Waals surface area (Å²) in [6.45, 7) is 1.98. The Morgan fingerprint density at radius 2 is 2.00 bits per heavy atom. The van der Waals surface area contributed by atoms with Crippen LogP contribution in [0.25, 0.3) is 0 Å². The smallest absolute Gasteiger partial charge is 0.0733 e. The van der Waals surface area contributed by atoms with E-state index < -0.39 is 9.73 Å². The van der Waals surface area contributed by atoms with Gasteiger partial charge >= 0.3 is 0 Å². The van der Waals surface area contributed by atoms with Crippen molar-refractivity contribution in [2.75, 3.05) is 12.5 Å². The number of rotatable bonds is 1. The summed E-state index contributed by atoms with van der Waals surface area (Å²) in [5.41, 5.74) is 1.88. The van der Waals surface area contributed by atoms with Crippen molar-refractivity contribution in [3.05, 3.63) is 28.2 Å². The predicted molar refractivity (Wildman–Crippen MR) is 61.0 cm³/mol. The maximum Gasteiger partial charge on any atom is 0.0733 e. The molecule has 0 N–H and O–H groups in total. The lowest BCUT2D eigenvalue weighted by Crippen LogP contribution is -1.89. The van der Waals surface area contributed by atoms with Crippen LogP contribution < -0.4 is 0 Å². The Hall–Kier alpha value is -0.350. The van der Waals surface area contributed by atoms with Gasteiger partial charge in [-0.15, -0.1) is 0 Å². The summed E-state index contributed by atoms with van der Waals surface area (Å²) in [7, 11) is -2.05. The van der Waals surface area contributed by atoms with Crippen LogP contribution in [0.5, 0.6) is 0 Å². The lowest BCUT2D eigenvalue weighted by atomic mass is 10.2. The van der Waals surface area contributed by atoms with Gasteiger partial charge in [0.25, 0.3) is 0 Å². The van der Waals surface area contributed by atoms with Crippen molar-refractivity contribution >= 4 is 31.3 Å². The molecule has 0 bridgehead atoms. The van der Waals surface area contributed by atoms with Gasteiger partial charge in [0.2, 0.25) is 0 Å². The van der Waals surface area contributed by atoms with Gasteiger partial charge in [0, 0.05) is 26.7 Å². The molecule has 0 radical (unpaired) electrons. The molecular formula is C9H12BrNOS. The maximum atomic E-state index is 11.4. The topological polar surface area (TPSA) is 29.4 Å². The highest BCUT2D eigenvalue weighted by Crippen LogP contribution is 2.22. The zero-order valence-electron chi connectivity index (χ0n) is 7.87. The van der Waals surface area contributed by atoms with Gasteiger partial charge in [0.1, 0.15) is 0 Å². The average molecular weight is 262 g/mol. The van der Waals surface area contributed by atoms with Crippen LogP contribution in [-0.2, 0) is 9.73 Å². The molecule has 0 aliphatic rings. The van der Waals surface area contributed by atoms with Crippen LogP contribution >= 0.6 is 15.9 Å². The Labute approximate surface area is 87.7 Å². The number of benzene rings is 1. The molecule has 1 rings (SSSR count). The van der Waals surface area contributed by atoms with E-state index in [9.17, 15) is 4.21 Å². The van der Waals surface area contributed by atoms with Gasteiger partial charge in [-0.05, 0) is 30.7 Å². The number of hydrogen-bond acceptors (Lipinski definition) is 2. The van der Waals surface area contributed by atoms with E-state index in [-0.39, 0.29) is 0 Å². The SMILES string of the molecule is Cc1cc(N=S(C)(C)=O)ccc1Br. The highest BCUT2D eigenvalue weighted by atomic mass is 79.9. The van der Waals surface area contributed by atoms with E-state index in [1.165, 1.54) is 0 Å². The lowest BCUT2D eigenvalue weighted by molar-refractivity contribution is 0.684. The van der Waals surface area contributed by atoms with Crippen LogP contribution in [-0.4, -0.2) is 16.7 Å². The number of nitrogens with zero attached hydrogens (tertiary/aromatic N) is 1. The van der Waals surface area contributed by atoms with Gasteiger partial charge in [-0.1, -0.05) is 15.9 Å². The molecule has 0 aliphatic heterocycles. The Kier molecular flexibility index (Phi) is 3.14. The van der Waals surface area contributed by atoms with E-state index in [0.717, 1.165) is 15.7 Å². The summed E-state index contributed by atoms with van der Waals surface area (Å²) in [4.78, 5) is 0. The highest BCUT2D eigenvalue weighted by molar-refractivity contribution is 9.10. The number of halogens is 1. The van der Waals surface area contributed by atoms with Crippen LogP contribution in [0.4, 0.5) is 5.69 Å². The van der Waals surface area contributed by atoms with Crippen LogP contribution in [0.15, 0.2) is 27.0 Å². The summed E-state index contributed by atoms with van der Waals surface area (Å²) in [6.07, 6.45) is 3.26. The molecule has 2 nitrogen and oxygen atoms in total. The molecule has 0 saturated carbocycles. The minimum Gasteiger partial charge on any atom is -0.250 e. The summed E-state index contributed by atoms with van der Waals surface area (Å²) >= 11 is 3.40. The van der Waals surface area contributed by atoms with Crippen molar-refractivity contribution in [1.82, 2.24) is 0 Å². The summed E-state index contributed by atoms with van der Waals surface area (Å²) < 4.78 is 16.5. The molecule has 4 heteroatoms. The van der Waals surface area contributed by atoms with Crippen molar-refractivity contribution in [3.8, 4) is 0 Å². The third kappa shape index (κ3) is 3.48. The second-order valence-electron chi connectivity index (χ2n) is 3.21. The second kappa shape index (κ2) is 3.80. The highest BCUT2D eigenvalue weighted by Gasteiger charge is 1.97. The summed E-state index contributed by atoms with van der Waals surface area (Å²) in [5.74, 6) is 0. The van der Waals surface area contributed by atoms with Crippen molar-refractivity contribution in [2.45, 2.75) is 6.92 Å².